The average molecular weight is 402 g/mol. The van der Waals surface area contributed by atoms with Gasteiger partial charge in [-0.3, -0.25) is 0 Å². The second-order valence-corrected chi connectivity index (χ2v) is 8.03. The number of halogens is 2. The Morgan fingerprint density at radius 2 is 1.62 bits per heavy atom. The molecule has 0 fully saturated rings. The second kappa shape index (κ2) is 6.45. The zero-order chi connectivity index (χ0) is 16.5. The molecule has 0 unspecified atom stereocenters. The predicted molar refractivity (Wildman–Crippen MR) is 98.1 cm³/mol. The summed E-state index contributed by atoms with van der Waals surface area (Å²) in [6.45, 7) is 0. The zero-order valence-electron chi connectivity index (χ0n) is 12.5. The van der Waals surface area contributed by atoms with Crippen molar-refractivity contribution in [1.82, 2.24) is 0 Å². The third-order valence-corrected chi connectivity index (χ3v) is 6.27. The molecule has 0 N–H and O–H groups in total. The van der Waals surface area contributed by atoms with E-state index in [4.69, 9.17) is 16.0 Å². The Morgan fingerprint density at radius 3 is 2.38 bits per heavy atom. The van der Waals surface area contributed by atoms with E-state index in [9.17, 15) is 4.39 Å². The molecule has 1 heterocycles. The van der Waals surface area contributed by atoms with Crippen molar-refractivity contribution < 1.29 is 8.81 Å². The van der Waals surface area contributed by atoms with E-state index >= 15 is 0 Å². The van der Waals surface area contributed by atoms with Gasteiger partial charge in [-0.1, -0.05) is 0 Å². The molecule has 0 amide bonds. The van der Waals surface area contributed by atoms with Crippen LogP contribution in [0.4, 0.5) is 4.39 Å². The first-order valence-corrected chi connectivity index (χ1v) is 9.51. The van der Waals surface area contributed by atoms with Crippen LogP contribution in [0.5, 0.6) is 0 Å². The van der Waals surface area contributed by atoms with E-state index < -0.39 is 0 Å². The Kier molecular flexibility index (Phi) is 4.15. The Labute approximate surface area is 150 Å². The van der Waals surface area contributed by atoms with Gasteiger partial charge in [-0.15, -0.1) is 0 Å². The monoisotopic (exact) mass is 402 g/mol. The minimum atomic E-state index is -0.254. The van der Waals surface area contributed by atoms with Gasteiger partial charge in [0.05, 0.1) is 0 Å². The molecule has 0 aliphatic carbocycles. The van der Waals surface area contributed by atoms with Gasteiger partial charge in [0.25, 0.3) is 0 Å². The van der Waals surface area contributed by atoms with E-state index in [-0.39, 0.29) is 20.8 Å². The standard InChI is InChI=1S/C20H12ClFOSe/c21-14-8-6-13(7-9-14)19-20(24-16-4-2-1-3-5-16)17-12-15(22)10-11-18(17)23-19/h1-12H. The molecule has 0 bridgehead atoms. The van der Waals surface area contributed by atoms with Gasteiger partial charge in [0.15, 0.2) is 0 Å². The summed E-state index contributed by atoms with van der Waals surface area (Å²) in [6, 6.07) is 22.4. The van der Waals surface area contributed by atoms with Crippen LogP contribution in [0.2, 0.25) is 5.02 Å². The third-order valence-electron chi connectivity index (χ3n) is 3.67. The summed E-state index contributed by atoms with van der Waals surface area (Å²) in [7, 11) is 0. The quantitative estimate of drug-likeness (QED) is 0.459. The number of benzene rings is 3. The normalized spacial score (nSPS) is 11.1. The summed E-state index contributed by atoms with van der Waals surface area (Å²) >= 11 is 6.00. The Hall–Kier alpha value is -2.06. The number of furan rings is 1. The van der Waals surface area contributed by atoms with Crippen molar-refractivity contribution in [3.05, 3.63) is 83.6 Å². The molecule has 0 saturated heterocycles. The van der Waals surface area contributed by atoms with E-state index in [1.807, 2.05) is 42.5 Å². The topological polar surface area (TPSA) is 13.1 Å². The fraction of sp³-hybridized carbons (Fsp3) is 0. The maximum atomic E-state index is 13.8. The van der Waals surface area contributed by atoms with Gasteiger partial charge in [0.1, 0.15) is 0 Å². The first-order valence-electron chi connectivity index (χ1n) is 7.41. The predicted octanol–water partition coefficient (Wildman–Crippen LogP) is 4.55. The molecule has 0 aliphatic rings. The van der Waals surface area contributed by atoms with Crippen LogP contribution in [0.15, 0.2) is 77.2 Å². The van der Waals surface area contributed by atoms with Crippen LogP contribution >= 0.6 is 11.6 Å². The van der Waals surface area contributed by atoms with Crippen molar-refractivity contribution >= 4 is 46.5 Å². The van der Waals surface area contributed by atoms with Crippen LogP contribution in [0.3, 0.4) is 0 Å². The number of fused-ring (bicyclic) bond motifs is 1. The van der Waals surface area contributed by atoms with E-state index in [1.54, 1.807) is 12.1 Å². The Bertz CT molecular complexity index is 994. The van der Waals surface area contributed by atoms with Crippen LogP contribution < -0.4 is 8.92 Å². The molecule has 3 aromatic carbocycles. The molecule has 4 aromatic rings. The molecule has 118 valence electrons. The minimum absolute atomic E-state index is 0.00920. The van der Waals surface area contributed by atoms with E-state index in [0.29, 0.717) is 10.6 Å². The molecule has 0 spiro atoms. The van der Waals surface area contributed by atoms with Crippen LogP contribution in [-0.2, 0) is 0 Å². The first kappa shape index (κ1) is 15.5. The fourth-order valence-corrected chi connectivity index (χ4v) is 4.88. The van der Waals surface area contributed by atoms with Crippen molar-refractivity contribution in [3.8, 4) is 11.3 Å². The van der Waals surface area contributed by atoms with E-state index in [1.165, 1.54) is 10.5 Å². The zero-order valence-corrected chi connectivity index (χ0v) is 15.0. The number of hydrogen-bond donors (Lipinski definition) is 0. The van der Waals surface area contributed by atoms with Gasteiger partial charge in [0, 0.05) is 0 Å². The molecule has 0 atom stereocenters. The van der Waals surface area contributed by atoms with Crippen molar-refractivity contribution in [2.45, 2.75) is 0 Å². The summed E-state index contributed by atoms with van der Waals surface area (Å²) in [5.74, 6) is 0.534. The van der Waals surface area contributed by atoms with Gasteiger partial charge >= 0.3 is 150 Å². The first-order chi connectivity index (χ1) is 11.7. The molecule has 4 rings (SSSR count). The van der Waals surface area contributed by atoms with Gasteiger partial charge in [-0.2, -0.15) is 0 Å². The van der Waals surface area contributed by atoms with Gasteiger partial charge in [-0.05, 0) is 0 Å². The van der Waals surface area contributed by atoms with Crippen molar-refractivity contribution in [2.75, 3.05) is 0 Å². The second-order valence-electron chi connectivity index (χ2n) is 5.32. The number of hydrogen-bond acceptors (Lipinski definition) is 1. The summed E-state index contributed by atoms with van der Waals surface area (Å²) in [4.78, 5) is 0. The van der Waals surface area contributed by atoms with Crippen molar-refractivity contribution in [2.24, 2.45) is 0 Å². The maximum absolute atomic E-state index is 13.8. The molecule has 1 nitrogen and oxygen atoms in total. The molecule has 0 radical (unpaired) electrons. The van der Waals surface area contributed by atoms with E-state index in [0.717, 1.165) is 21.2 Å². The van der Waals surface area contributed by atoms with E-state index in [2.05, 4.69) is 12.1 Å². The molecule has 24 heavy (non-hydrogen) atoms. The summed E-state index contributed by atoms with van der Waals surface area (Å²) in [6.07, 6.45) is 0. The van der Waals surface area contributed by atoms with Crippen LogP contribution in [-0.4, -0.2) is 15.0 Å². The molecule has 0 aliphatic heterocycles. The van der Waals surface area contributed by atoms with Gasteiger partial charge in [0.2, 0.25) is 0 Å². The van der Waals surface area contributed by atoms with Crippen LogP contribution in [0, 0.1) is 5.82 Å². The van der Waals surface area contributed by atoms with Crippen molar-refractivity contribution in [1.29, 1.82) is 0 Å². The molecular formula is C20H12ClFOSe. The Balaban J connectivity index is 1.91. The van der Waals surface area contributed by atoms with Gasteiger partial charge in [-0.25, -0.2) is 0 Å². The SMILES string of the molecule is Fc1ccc2oc(-c3ccc(Cl)cc3)c([Se]c3ccccc3)c2c1. The van der Waals surface area contributed by atoms with Crippen LogP contribution in [0.1, 0.15) is 0 Å². The Morgan fingerprint density at radius 1 is 0.875 bits per heavy atom. The number of rotatable bonds is 3. The molecular weight excluding hydrogens is 390 g/mol. The third kappa shape index (κ3) is 2.99. The summed E-state index contributed by atoms with van der Waals surface area (Å²) in [5, 5.41) is 1.51. The average Bonchev–Trinajstić information content (AvgIpc) is 2.94. The van der Waals surface area contributed by atoms with Crippen LogP contribution in [0.25, 0.3) is 22.3 Å². The van der Waals surface area contributed by atoms with Gasteiger partial charge < -0.3 is 0 Å². The molecule has 0 saturated carbocycles. The summed E-state index contributed by atoms with van der Waals surface area (Å²) in [5.41, 5.74) is 1.65. The molecule has 4 heteroatoms. The molecule has 1 aromatic heterocycles. The summed E-state index contributed by atoms with van der Waals surface area (Å²) < 4.78 is 22.1. The van der Waals surface area contributed by atoms with Crippen molar-refractivity contribution in [3.63, 3.8) is 0 Å². The fourth-order valence-electron chi connectivity index (χ4n) is 2.55.